The van der Waals surface area contributed by atoms with E-state index in [1.54, 1.807) is 19.1 Å². The van der Waals surface area contributed by atoms with Crippen molar-refractivity contribution in [3.8, 4) is 5.75 Å². The molecule has 0 bridgehead atoms. The van der Waals surface area contributed by atoms with Gasteiger partial charge in [-0.1, -0.05) is 6.07 Å². The first-order valence-corrected chi connectivity index (χ1v) is 6.57. The standard InChI is InChI=1S/C14H20N2O3/c1-10-2-3-11(8-13(10)17)16-14(18)9-19-12-4-6-15-7-5-12/h2-3,8,12,15,17H,4-7,9H2,1H3,(H,16,18). The van der Waals surface area contributed by atoms with Crippen LogP contribution < -0.4 is 10.6 Å². The number of anilines is 1. The normalized spacial score (nSPS) is 16.3. The van der Waals surface area contributed by atoms with Gasteiger partial charge in [0, 0.05) is 11.8 Å². The van der Waals surface area contributed by atoms with Crippen LogP contribution in [0.3, 0.4) is 0 Å². The molecule has 104 valence electrons. The third-order valence-corrected chi connectivity index (χ3v) is 3.23. The molecule has 0 aromatic heterocycles. The van der Waals surface area contributed by atoms with Gasteiger partial charge in [-0.15, -0.1) is 0 Å². The van der Waals surface area contributed by atoms with E-state index in [9.17, 15) is 9.90 Å². The van der Waals surface area contributed by atoms with Crippen molar-refractivity contribution in [2.24, 2.45) is 0 Å². The first-order valence-electron chi connectivity index (χ1n) is 6.57. The number of phenols is 1. The number of rotatable bonds is 4. The topological polar surface area (TPSA) is 70.6 Å². The van der Waals surface area contributed by atoms with Gasteiger partial charge in [0.15, 0.2) is 0 Å². The predicted octanol–water partition coefficient (Wildman–Crippen LogP) is 1.41. The summed E-state index contributed by atoms with van der Waals surface area (Å²) in [6, 6.07) is 5.06. The van der Waals surface area contributed by atoms with Crippen molar-refractivity contribution in [1.29, 1.82) is 0 Å². The fourth-order valence-electron chi connectivity index (χ4n) is 2.04. The van der Waals surface area contributed by atoms with Gasteiger partial charge in [0.2, 0.25) is 5.91 Å². The Balaban J connectivity index is 1.78. The summed E-state index contributed by atoms with van der Waals surface area (Å²) in [5.74, 6) is -0.0149. The second-order valence-electron chi connectivity index (χ2n) is 4.81. The van der Waals surface area contributed by atoms with Crippen LogP contribution in [-0.4, -0.2) is 36.8 Å². The average molecular weight is 264 g/mol. The highest BCUT2D eigenvalue weighted by molar-refractivity contribution is 5.91. The van der Waals surface area contributed by atoms with Crippen LogP contribution in [0, 0.1) is 6.92 Å². The summed E-state index contributed by atoms with van der Waals surface area (Å²) < 4.78 is 5.56. The number of aryl methyl sites for hydroxylation is 1. The van der Waals surface area contributed by atoms with E-state index >= 15 is 0 Å². The van der Waals surface area contributed by atoms with Gasteiger partial charge in [0.05, 0.1) is 6.10 Å². The van der Waals surface area contributed by atoms with Crippen LogP contribution in [-0.2, 0) is 9.53 Å². The molecule has 0 radical (unpaired) electrons. The third kappa shape index (κ3) is 4.22. The second kappa shape index (κ2) is 6.54. The maximum absolute atomic E-state index is 11.7. The van der Waals surface area contributed by atoms with Crippen molar-refractivity contribution in [3.63, 3.8) is 0 Å². The lowest BCUT2D eigenvalue weighted by atomic mass is 10.1. The number of hydrogen-bond acceptors (Lipinski definition) is 4. The van der Waals surface area contributed by atoms with Gasteiger partial charge in [-0.25, -0.2) is 0 Å². The van der Waals surface area contributed by atoms with Crippen LogP contribution in [0.5, 0.6) is 5.75 Å². The smallest absolute Gasteiger partial charge is 0.250 e. The molecule has 1 saturated heterocycles. The van der Waals surface area contributed by atoms with Crippen molar-refractivity contribution < 1.29 is 14.6 Å². The summed E-state index contributed by atoms with van der Waals surface area (Å²) >= 11 is 0. The summed E-state index contributed by atoms with van der Waals surface area (Å²) in [6.45, 7) is 3.75. The van der Waals surface area contributed by atoms with Crippen molar-refractivity contribution >= 4 is 11.6 Å². The SMILES string of the molecule is Cc1ccc(NC(=O)COC2CCNCC2)cc1O. The number of aromatic hydroxyl groups is 1. The van der Waals surface area contributed by atoms with Gasteiger partial charge < -0.3 is 20.5 Å². The Kier molecular flexibility index (Phi) is 4.76. The molecule has 1 fully saturated rings. The summed E-state index contributed by atoms with van der Waals surface area (Å²) in [4.78, 5) is 11.7. The Morgan fingerprint density at radius 2 is 2.21 bits per heavy atom. The van der Waals surface area contributed by atoms with E-state index in [-0.39, 0.29) is 24.4 Å². The summed E-state index contributed by atoms with van der Waals surface area (Å²) in [7, 11) is 0. The zero-order valence-corrected chi connectivity index (χ0v) is 11.1. The van der Waals surface area contributed by atoms with E-state index in [0.717, 1.165) is 31.5 Å². The van der Waals surface area contributed by atoms with Gasteiger partial charge >= 0.3 is 0 Å². The van der Waals surface area contributed by atoms with Crippen molar-refractivity contribution in [2.45, 2.75) is 25.9 Å². The molecule has 1 aromatic carbocycles. The number of piperidine rings is 1. The molecular formula is C14H20N2O3. The van der Waals surface area contributed by atoms with Gasteiger partial charge in [-0.05, 0) is 44.5 Å². The lowest BCUT2D eigenvalue weighted by Gasteiger charge is -2.22. The molecule has 0 saturated carbocycles. The van der Waals surface area contributed by atoms with E-state index in [0.29, 0.717) is 5.69 Å². The molecule has 0 atom stereocenters. The van der Waals surface area contributed by atoms with E-state index in [1.165, 1.54) is 6.07 Å². The Bertz CT molecular complexity index is 442. The Morgan fingerprint density at radius 1 is 1.47 bits per heavy atom. The van der Waals surface area contributed by atoms with Gasteiger partial charge in [0.25, 0.3) is 0 Å². The van der Waals surface area contributed by atoms with Crippen LogP contribution in [0.1, 0.15) is 18.4 Å². The van der Waals surface area contributed by atoms with Crippen molar-refractivity contribution in [3.05, 3.63) is 23.8 Å². The number of hydrogen-bond donors (Lipinski definition) is 3. The molecule has 0 spiro atoms. The Labute approximate surface area is 113 Å². The molecule has 3 N–H and O–H groups in total. The molecule has 1 aliphatic heterocycles. The largest absolute Gasteiger partial charge is 0.508 e. The van der Waals surface area contributed by atoms with E-state index in [4.69, 9.17) is 4.74 Å². The number of ether oxygens (including phenoxy) is 1. The minimum atomic E-state index is -0.193. The highest BCUT2D eigenvalue weighted by atomic mass is 16.5. The maximum atomic E-state index is 11.7. The number of carbonyl (C=O) groups excluding carboxylic acids is 1. The molecular weight excluding hydrogens is 244 g/mol. The molecule has 0 aliphatic carbocycles. The summed E-state index contributed by atoms with van der Waals surface area (Å²) in [5.41, 5.74) is 1.37. The molecule has 19 heavy (non-hydrogen) atoms. The minimum Gasteiger partial charge on any atom is -0.508 e. The number of carbonyl (C=O) groups is 1. The third-order valence-electron chi connectivity index (χ3n) is 3.23. The molecule has 1 heterocycles. The van der Waals surface area contributed by atoms with E-state index in [2.05, 4.69) is 10.6 Å². The lowest BCUT2D eigenvalue weighted by Crippen LogP contribution is -2.34. The first-order chi connectivity index (χ1) is 9.15. The van der Waals surface area contributed by atoms with Gasteiger partial charge in [0.1, 0.15) is 12.4 Å². The molecule has 2 rings (SSSR count). The van der Waals surface area contributed by atoms with Crippen LogP contribution in [0.15, 0.2) is 18.2 Å². The minimum absolute atomic E-state index is 0.0549. The zero-order valence-electron chi connectivity index (χ0n) is 11.1. The monoisotopic (exact) mass is 264 g/mol. The van der Waals surface area contributed by atoms with Crippen LogP contribution in [0.25, 0.3) is 0 Å². The molecule has 1 aromatic rings. The maximum Gasteiger partial charge on any atom is 0.250 e. The zero-order chi connectivity index (χ0) is 13.7. The van der Waals surface area contributed by atoms with Crippen LogP contribution in [0.4, 0.5) is 5.69 Å². The lowest BCUT2D eigenvalue weighted by molar-refractivity contribution is -0.123. The van der Waals surface area contributed by atoms with E-state index in [1.807, 2.05) is 0 Å². The fraction of sp³-hybridized carbons (Fsp3) is 0.500. The highest BCUT2D eigenvalue weighted by Gasteiger charge is 2.14. The van der Waals surface area contributed by atoms with Crippen LogP contribution in [0.2, 0.25) is 0 Å². The number of nitrogens with one attached hydrogen (secondary N) is 2. The molecule has 1 aliphatic rings. The Hall–Kier alpha value is -1.59. The van der Waals surface area contributed by atoms with Gasteiger partial charge in [-0.3, -0.25) is 4.79 Å². The number of benzene rings is 1. The summed E-state index contributed by atoms with van der Waals surface area (Å²) in [5, 5.41) is 15.5. The van der Waals surface area contributed by atoms with E-state index < -0.39 is 0 Å². The number of amides is 1. The number of phenolic OH excluding ortho intramolecular Hbond substituents is 1. The van der Waals surface area contributed by atoms with Gasteiger partial charge in [-0.2, -0.15) is 0 Å². The molecule has 5 heteroatoms. The fourth-order valence-corrected chi connectivity index (χ4v) is 2.04. The molecule has 0 unspecified atom stereocenters. The quantitative estimate of drug-likeness (QED) is 0.769. The average Bonchev–Trinajstić information content (AvgIpc) is 2.42. The highest BCUT2D eigenvalue weighted by Crippen LogP contribution is 2.20. The first kappa shape index (κ1) is 13.8. The van der Waals surface area contributed by atoms with Crippen molar-refractivity contribution in [1.82, 2.24) is 5.32 Å². The van der Waals surface area contributed by atoms with Crippen molar-refractivity contribution in [2.75, 3.05) is 25.0 Å². The second-order valence-corrected chi connectivity index (χ2v) is 4.81. The Morgan fingerprint density at radius 3 is 2.89 bits per heavy atom. The predicted molar refractivity (Wildman–Crippen MR) is 73.3 cm³/mol. The van der Waals surface area contributed by atoms with Crippen LogP contribution >= 0.6 is 0 Å². The molecule has 5 nitrogen and oxygen atoms in total. The molecule has 1 amide bonds. The summed E-state index contributed by atoms with van der Waals surface area (Å²) in [6.07, 6.45) is 2.05.